The molecule has 3 heteroatoms. The van der Waals surface area contributed by atoms with Gasteiger partial charge in [0.1, 0.15) is 0 Å². The predicted molar refractivity (Wildman–Crippen MR) is 48.8 cm³/mol. The zero-order valence-corrected chi connectivity index (χ0v) is 8.23. The lowest BCUT2D eigenvalue weighted by atomic mass is 10.2. The molecule has 0 saturated heterocycles. The summed E-state index contributed by atoms with van der Waals surface area (Å²) in [4.78, 5) is 10.2. The number of hydrogen-bond acceptors (Lipinski definition) is 1. The van der Waals surface area contributed by atoms with E-state index in [4.69, 9.17) is 5.11 Å². The average molecular weight is 221 g/mol. The van der Waals surface area contributed by atoms with Gasteiger partial charge in [0, 0.05) is 0 Å². The number of carboxylic acids is 1. The molecule has 2 nitrogen and oxygen atoms in total. The van der Waals surface area contributed by atoms with Crippen molar-refractivity contribution in [1.82, 2.24) is 0 Å². The lowest BCUT2D eigenvalue weighted by molar-refractivity contribution is -0.131. The van der Waals surface area contributed by atoms with Crippen molar-refractivity contribution in [1.29, 1.82) is 0 Å². The molecule has 0 aliphatic heterocycles. The van der Waals surface area contributed by atoms with Crippen molar-refractivity contribution < 1.29 is 9.90 Å². The molecule has 0 amide bonds. The second-order valence-electron chi connectivity index (χ2n) is 2.35. The SMILES string of the molecule is CCCCCC=C(Br)C(=O)O. The van der Waals surface area contributed by atoms with E-state index in [1.807, 2.05) is 0 Å². The van der Waals surface area contributed by atoms with Gasteiger partial charge in [0.05, 0.1) is 4.48 Å². The Hall–Kier alpha value is -0.310. The van der Waals surface area contributed by atoms with Gasteiger partial charge in [-0.3, -0.25) is 0 Å². The maximum atomic E-state index is 10.2. The smallest absolute Gasteiger partial charge is 0.342 e. The topological polar surface area (TPSA) is 37.3 Å². The van der Waals surface area contributed by atoms with E-state index in [2.05, 4.69) is 22.9 Å². The Bertz CT molecular complexity index is 152. The van der Waals surface area contributed by atoms with Crippen LogP contribution < -0.4 is 0 Å². The number of unbranched alkanes of at least 4 members (excludes halogenated alkanes) is 3. The normalized spacial score (nSPS) is 11.6. The van der Waals surface area contributed by atoms with Gasteiger partial charge in [-0.05, 0) is 28.8 Å². The molecule has 0 aliphatic carbocycles. The summed E-state index contributed by atoms with van der Waals surface area (Å²) >= 11 is 2.96. The van der Waals surface area contributed by atoms with E-state index in [1.54, 1.807) is 6.08 Å². The fourth-order valence-electron chi connectivity index (χ4n) is 0.710. The lowest BCUT2D eigenvalue weighted by Crippen LogP contribution is -1.92. The standard InChI is InChI=1S/C8H13BrO2/c1-2-3-4-5-6-7(9)8(10)11/h6H,2-5H2,1H3,(H,10,11). The molecule has 0 fully saturated rings. The highest BCUT2D eigenvalue weighted by Gasteiger charge is 1.99. The summed E-state index contributed by atoms with van der Waals surface area (Å²) in [6.07, 6.45) is 5.95. The molecule has 0 aromatic heterocycles. The van der Waals surface area contributed by atoms with Crippen molar-refractivity contribution in [2.24, 2.45) is 0 Å². The highest BCUT2D eigenvalue weighted by molar-refractivity contribution is 9.12. The van der Waals surface area contributed by atoms with E-state index in [0.29, 0.717) is 0 Å². The molecule has 1 N–H and O–H groups in total. The molecule has 0 spiro atoms. The first-order valence-corrected chi connectivity index (χ1v) is 4.56. The lowest BCUT2D eigenvalue weighted by Gasteiger charge is -1.92. The molecule has 0 rings (SSSR count). The fraction of sp³-hybridized carbons (Fsp3) is 0.625. The van der Waals surface area contributed by atoms with Gasteiger partial charge >= 0.3 is 5.97 Å². The van der Waals surface area contributed by atoms with Crippen LogP contribution in [0.1, 0.15) is 32.6 Å². The van der Waals surface area contributed by atoms with Crippen LogP contribution in [-0.4, -0.2) is 11.1 Å². The molecule has 0 aromatic carbocycles. The maximum Gasteiger partial charge on any atom is 0.342 e. The molecule has 0 saturated carbocycles. The molecule has 0 atom stereocenters. The summed E-state index contributed by atoms with van der Waals surface area (Å²) in [6, 6.07) is 0. The van der Waals surface area contributed by atoms with Crippen molar-refractivity contribution in [3.8, 4) is 0 Å². The van der Waals surface area contributed by atoms with Gasteiger partial charge < -0.3 is 5.11 Å². The highest BCUT2D eigenvalue weighted by atomic mass is 79.9. The Balaban J connectivity index is 3.48. The number of hydrogen-bond donors (Lipinski definition) is 1. The molecule has 0 unspecified atom stereocenters. The predicted octanol–water partition coefficient (Wildman–Crippen LogP) is 2.93. The number of carbonyl (C=O) groups is 1. The molecule has 0 aliphatic rings. The molecule has 0 radical (unpaired) electrons. The van der Waals surface area contributed by atoms with Crippen LogP contribution in [0.4, 0.5) is 0 Å². The van der Waals surface area contributed by atoms with Crippen LogP contribution in [0.25, 0.3) is 0 Å². The van der Waals surface area contributed by atoms with E-state index >= 15 is 0 Å². The van der Waals surface area contributed by atoms with Crippen molar-refractivity contribution in [2.75, 3.05) is 0 Å². The Morgan fingerprint density at radius 2 is 2.18 bits per heavy atom. The van der Waals surface area contributed by atoms with Gasteiger partial charge in [0.15, 0.2) is 0 Å². The third-order valence-electron chi connectivity index (χ3n) is 1.34. The number of halogens is 1. The Kier molecular flexibility index (Phi) is 6.22. The quantitative estimate of drug-likeness (QED) is 0.572. The minimum Gasteiger partial charge on any atom is -0.477 e. The Morgan fingerprint density at radius 3 is 2.64 bits per heavy atom. The number of carboxylic acid groups (broad SMARTS) is 1. The van der Waals surface area contributed by atoms with Crippen LogP contribution in [0, 0.1) is 0 Å². The monoisotopic (exact) mass is 220 g/mol. The third kappa shape index (κ3) is 6.10. The maximum absolute atomic E-state index is 10.2. The summed E-state index contributed by atoms with van der Waals surface area (Å²) in [5.74, 6) is -0.888. The van der Waals surface area contributed by atoms with Gasteiger partial charge in [0.2, 0.25) is 0 Å². The first-order chi connectivity index (χ1) is 5.18. The average Bonchev–Trinajstić information content (AvgIpc) is 1.97. The zero-order chi connectivity index (χ0) is 8.69. The molecule has 0 bridgehead atoms. The first-order valence-electron chi connectivity index (χ1n) is 3.77. The summed E-state index contributed by atoms with van der Waals surface area (Å²) in [5, 5.41) is 8.42. The van der Waals surface area contributed by atoms with Crippen molar-refractivity contribution in [3.05, 3.63) is 10.6 Å². The molecule has 64 valence electrons. The Labute approximate surface area is 75.4 Å². The van der Waals surface area contributed by atoms with Crippen LogP contribution in [0.5, 0.6) is 0 Å². The molecule has 0 aromatic rings. The van der Waals surface area contributed by atoms with Crippen molar-refractivity contribution >= 4 is 21.9 Å². The van der Waals surface area contributed by atoms with Crippen molar-refractivity contribution in [3.63, 3.8) is 0 Å². The third-order valence-corrected chi connectivity index (χ3v) is 2.00. The summed E-state index contributed by atoms with van der Waals surface area (Å²) in [5.41, 5.74) is 0. The zero-order valence-electron chi connectivity index (χ0n) is 6.64. The van der Waals surface area contributed by atoms with Crippen LogP contribution in [0.15, 0.2) is 10.6 Å². The van der Waals surface area contributed by atoms with E-state index in [0.717, 1.165) is 19.3 Å². The number of rotatable bonds is 5. The van der Waals surface area contributed by atoms with Crippen LogP contribution >= 0.6 is 15.9 Å². The van der Waals surface area contributed by atoms with Gasteiger partial charge in [-0.1, -0.05) is 25.8 Å². The van der Waals surface area contributed by atoms with Gasteiger partial charge in [-0.25, -0.2) is 4.79 Å². The highest BCUT2D eigenvalue weighted by Crippen LogP contribution is 2.08. The molecule has 11 heavy (non-hydrogen) atoms. The van der Waals surface area contributed by atoms with Gasteiger partial charge in [-0.15, -0.1) is 0 Å². The number of aliphatic carboxylic acids is 1. The van der Waals surface area contributed by atoms with E-state index in [9.17, 15) is 4.79 Å². The van der Waals surface area contributed by atoms with E-state index in [1.165, 1.54) is 6.42 Å². The molecule has 0 heterocycles. The van der Waals surface area contributed by atoms with E-state index < -0.39 is 5.97 Å². The molecular weight excluding hydrogens is 208 g/mol. The minimum atomic E-state index is -0.888. The summed E-state index contributed by atoms with van der Waals surface area (Å²) in [7, 11) is 0. The largest absolute Gasteiger partial charge is 0.477 e. The molecular formula is C8H13BrO2. The van der Waals surface area contributed by atoms with Crippen LogP contribution in [0.3, 0.4) is 0 Å². The van der Waals surface area contributed by atoms with Gasteiger partial charge in [-0.2, -0.15) is 0 Å². The second-order valence-corrected chi connectivity index (χ2v) is 3.21. The fourth-order valence-corrected chi connectivity index (χ4v) is 0.939. The van der Waals surface area contributed by atoms with Crippen LogP contribution in [-0.2, 0) is 4.79 Å². The minimum absolute atomic E-state index is 0.272. The second kappa shape index (κ2) is 6.40. The summed E-state index contributed by atoms with van der Waals surface area (Å²) < 4.78 is 0.272. The number of allylic oxidation sites excluding steroid dienone is 1. The van der Waals surface area contributed by atoms with Gasteiger partial charge in [0.25, 0.3) is 0 Å². The van der Waals surface area contributed by atoms with Crippen molar-refractivity contribution in [2.45, 2.75) is 32.6 Å². The first kappa shape index (κ1) is 10.7. The van der Waals surface area contributed by atoms with Crippen LogP contribution in [0.2, 0.25) is 0 Å². The summed E-state index contributed by atoms with van der Waals surface area (Å²) in [6.45, 7) is 2.12. The Morgan fingerprint density at radius 1 is 1.55 bits per heavy atom. The van der Waals surface area contributed by atoms with E-state index in [-0.39, 0.29) is 4.48 Å².